The highest BCUT2D eigenvalue weighted by Gasteiger charge is 2.19. The molecule has 0 bridgehead atoms. The molecule has 1 atom stereocenters. The van der Waals surface area contributed by atoms with E-state index in [-0.39, 0.29) is 12.5 Å². The summed E-state index contributed by atoms with van der Waals surface area (Å²) in [5, 5.41) is 20.6. The van der Waals surface area contributed by atoms with Gasteiger partial charge in [-0.05, 0) is 48.0 Å². The number of aromatic nitrogens is 4. The van der Waals surface area contributed by atoms with E-state index in [2.05, 4.69) is 15.5 Å². The number of benzene rings is 1. The molecule has 21 heavy (non-hydrogen) atoms. The van der Waals surface area contributed by atoms with E-state index in [9.17, 15) is 4.79 Å². The van der Waals surface area contributed by atoms with Crippen LogP contribution in [0.2, 0.25) is 0 Å². The molecule has 112 valence electrons. The smallest absolute Gasteiger partial charge is 0.305 e. The summed E-state index contributed by atoms with van der Waals surface area (Å²) in [7, 11) is 0. The van der Waals surface area contributed by atoms with Crippen molar-refractivity contribution in [2.24, 2.45) is 0 Å². The van der Waals surface area contributed by atoms with Gasteiger partial charge in [-0.3, -0.25) is 4.79 Å². The van der Waals surface area contributed by atoms with Gasteiger partial charge in [0.1, 0.15) is 5.75 Å². The van der Waals surface area contributed by atoms with Gasteiger partial charge in [-0.2, -0.15) is 0 Å². The maximum atomic E-state index is 10.9. The molecule has 0 fully saturated rings. The van der Waals surface area contributed by atoms with E-state index in [1.165, 1.54) is 0 Å². The zero-order chi connectivity index (χ0) is 15.2. The lowest BCUT2D eigenvalue weighted by Gasteiger charge is -2.14. The van der Waals surface area contributed by atoms with E-state index >= 15 is 0 Å². The Bertz CT molecular complexity index is 595. The largest absolute Gasteiger partial charge is 0.494 e. The quantitative estimate of drug-likeness (QED) is 0.840. The fourth-order valence-electron chi connectivity index (χ4n) is 2.10. The molecule has 0 radical (unpaired) electrons. The lowest BCUT2D eigenvalue weighted by molar-refractivity contribution is -0.138. The number of nitrogens with zero attached hydrogens (tertiary/aromatic N) is 4. The standard InChI is InChI=1S/C14H18N4O3/c1-3-11(9-13(19)20)18-14(15-16-17-18)10-5-7-12(8-6-10)21-4-2/h5-8,11H,3-4,9H2,1-2H3,(H,19,20). The molecule has 2 rings (SSSR count). The maximum Gasteiger partial charge on any atom is 0.305 e. The Hall–Kier alpha value is -2.44. The molecule has 7 nitrogen and oxygen atoms in total. The zero-order valence-corrected chi connectivity index (χ0v) is 12.1. The molecule has 0 aliphatic heterocycles. The van der Waals surface area contributed by atoms with E-state index in [1.807, 2.05) is 38.1 Å². The van der Waals surface area contributed by atoms with E-state index < -0.39 is 5.97 Å². The summed E-state index contributed by atoms with van der Waals surface area (Å²) in [5.74, 6) is 0.471. The normalized spacial score (nSPS) is 12.1. The van der Waals surface area contributed by atoms with Crippen LogP contribution in [0.15, 0.2) is 24.3 Å². The monoisotopic (exact) mass is 290 g/mol. The molecule has 1 unspecified atom stereocenters. The summed E-state index contributed by atoms with van der Waals surface area (Å²) in [6.45, 7) is 4.44. The Labute approximate surface area is 122 Å². The summed E-state index contributed by atoms with van der Waals surface area (Å²) in [5.41, 5.74) is 0.826. The second-order valence-corrected chi connectivity index (χ2v) is 4.56. The van der Waals surface area contributed by atoms with E-state index in [0.29, 0.717) is 18.9 Å². The lowest BCUT2D eigenvalue weighted by Crippen LogP contribution is -2.15. The number of hydrogen-bond acceptors (Lipinski definition) is 5. The Morgan fingerprint density at radius 3 is 2.62 bits per heavy atom. The minimum Gasteiger partial charge on any atom is -0.494 e. The SMILES string of the molecule is CCOc1ccc(-c2nnnn2C(CC)CC(=O)O)cc1. The van der Waals surface area contributed by atoms with Crippen LogP contribution in [-0.2, 0) is 4.79 Å². The summed E-state index contributed by atoms with van der Waals surface area (Å²) in [4.78, 5) is 10.9. The average Bonchev–Trinajstić information content (AvgIpc) is 2.95. The van der Waals surface area contributed by atoms with Gasteiger partial charge in [0.2, 0.25) is 0 Å². The van der Waals surface area contributed by atoms with Crippen molar-refractivity contribution in [3.05, 3.63) is 24.3 Å². The van der Waals surface area contributed by atoms with Crippen LogP contribution in [0.4, 0.5) is 0 Å². The molecule has 1 aromatic carbocycles. The number of ether oxygens (including phenoxy) is 1. The first kappa shape index (κ1) is 15.0. The van der Waals surface area contributed by atoms with Gasteiger partial charge in [0.15, 0.2) is 5.82 Å². The predicted molar refractivity (Wildman–Crippen MR) is 76.0 cm³/mol. The Balaban J connectivity index is 2.28. The molecule has 0 aliphatic carbocycles. The molecule has 1 aromatic heterocycles. The van der Waals surface area contributed by atoms with Crippen molar-refractivity contribution in [1.82, 2.24) is 20.2 Å². The summed E-state index contributed by atoms with van der Waals surface area (Å²) in [6.07, 6.45) is 0.632. The number of aliphatic carboxylic acids is 1. The topological polar surface area (TPSA) is 90.1 Å². The molecular weight excluding hydrogens is 272 g/mol. The van der Waals surface area contributed by atoms with Crippen molar-refractivity contribution in [2.45, 2.75) is 32.7 Å². The van der Waals surface area contributed by atoms with Crippen molar-refractivity contribution in [2.75, 3.05) is 6.61 Å². The molecule has 0 spiro atoms. The van der Waals surface area contributed by atoms with Crippen molar-refractivity contribution in [1.29, 1.82) is 0 Å². The van der Waals surface area contributed by atoms with Crippen molar-refractivity contribution < 1.29 is 14.6 Å². The fraction of sp³-hybridized carbons (Fsp3) is 0.429. The van der Waals surface area contributed by atoms with Crippen LogP contribution < -0.4 is 4.74 Å². The number of carboxylic acids is 1. The minimum absolute atomic E-state index is 0.00836. The molecule has 0 saturated heterocycles. The van der Waals surface area contributed by atoms with Crippen LogP contribution in [-0.4, -0.2) is 37.9 Å². The maximum absolute atomic E-state index is 10.9. The number of rotatable bonds is 7. The van der Waals surface area contributed by atoms with E-state index in [1.54, 1.807) is 4.68 Å². The molecule has 1 N–H and O–H groups in total. The van der Waals surface area contributed by atoms with Crippen LogP contribution in [0.1, 0.15) is 32.7 Å². The van der Waals surface area contributed by atoms with Gasteiger partial charge in [-0.15, -0.1) is 5.10 Å². The third-order valence-electron chi connectivity index (χ3n) is 3.14. The number of tetrazole rings is 1. The summed E-state index contributed by atoms with van der Waals surface area (Å²) < 4.78 is 6.97. The number of carboxylic acid groups (broad SMARTS) is 1. The Morgan fingerprint density at radius 1 is 1.33 bits per heavy atom. The number of carbonyl (C=O) groups is 1. The van der Waals surface area contributed by atoms with Gasteiger partial charge in [0, 0.05) is 5.56 Å². The molecule has 1 heterocycles. The lowest BCUT2D eigenvalue weighted by atomic mass is 10.1. The van der Waals surface area contributed by atoms with Crippen LogP contribution >= 0.6 is 0 Å². The third kappa shape index (κ3) is 3.56. The Kier molecular flexibility index (Phi) is 4.86. The molecule has 0 aliphatic rings. The van der Waals surface area contributed by atoms with Gasteiger partial charge in [-0.1, -0.05) is 6.92 Å². The number of hydrogen-bond donors (Lipinski definition) is 1. The molecule has 0 saturated carbocycles. The second kappa shape index (κ2) is 6.83. The van der Waals surface area contributed by atoms with E-state index in [4.69, 9.17) is 9.84 Å². The zero-order valence-electron chi connectivity index (χ0n) is 12.1. The van der Waals surface area contributed by atoms with Gasteiger partial charge in [-0.25, -0.2) is 4.68 Å². The summed E-state index contributed by atoms with van der Waals surface area (Å²) >= 11 is 0. The van der Waals surface area contributed by atoms with E-state index in [0.717, 1.165) is 11.3 Å². The summed E-state index contributed by atoms with van der Waals surface area (Å²) in [6, 6.07) is 7.15. The highest BCUT2D eigenvalue weighted by molar-refractivity contribution is 5.67. The first-order valence-corrected chi connectivity index (χ1v) is 6.88. The highest BCUT2D eigenvalue weighted by Crippen LogP contribution is 2.24. The molecule has 2 aromatic rings. The van der Waals surface area contributed by atoms with Crippen molar-refractivity contribution >= 4 is 5.97 Å². The van der Waals surface area contributed by atoms with Crippen LogP contribution in [0.25, 0.3) is 11.4 Å². The average molecular weight is 290 g/mol. The van der Waals surface area contributed by atoms with Gasteiger partial charge in [0.25, 0.3) is 0 Å². The molecule has 7 heteroatoms. The Morgan fingerprint density at radius 2 is 2.05 bits per heavy atom. The van der Waals surface area contributed by atoms with Gasteiger partial charge >= 0.3 is 5.97 Å². The minimum atomic E-state index is -0.866. The first-order chi connectivity index (χ1) is 10.2. The van der Waals surface area contributed by atoms with Crippen LogP contribution in [0, 0.1) is 0 Å². The fourth-order valence-corrected chi connectivity index (χ4v) is 2.10. The first-order valence-electron chi connectivity index (χ1n) is 6.88. The third-order valence-corrected chi connectivity index (χ3v) is 3.14. The second-order valence-electron chi connectivity index (χ2n) is 4.56. The van der Waals surface area contributed by atoms with Crippen molar-refractivity contribution in [3.63, 3.8) is 0 Å². The van der Waals surface area contributed by atoms with Gasteiger partial charge < -0.3 is 9.84 Å². The highest BCUT2D eigenvalue weighted by atomic mass is 16.5. The molecule has 0 amide bonds. The van der Waals surface area contributed by atoms with Gasteiger partial charge in [0.05, 0.1) is 19.1 Å². The van der Waals surface area contributed by atoms with Crippen LogP contribution in [0.5, 0.6) is 5.75 Å². The van der Waals surface area contributed by atoms with Crippen LogP contribution in [0.3, 0.4) is 0 Å². The predicted octanol–water partition coefficient (Wildman–Crippen LogP) is 2.16. The molecular formula is C14H18N4O3. The van der Waals surface area contributed by atoms with Crippen molar-refractivity contribution in [3.8, 4) is 17.1 Å².